The number of alkyl halides is 1. The monoisotopic (exact) mass is 296 g/mol. The topological polar surface area (TPSA) is 57.4 Å². The van der Waals surface area contributed by atoms with Crippen molar-refractivity contribution in [1.82, 2.24) is 4.98 Å². The summed E-state index contributed by atoms with van der Waals surface area (Å²) in [5.74, 6) is -0.826. The van der Waals surface area contributed by atoms with E-state index in [9.17, 15) is 8.78 Å². The van der Waals surface area contributed by atoms with Crippen molar-refractivity contribution in [3.63, 3.8) is 0 Å². The van der Waals surface area contributed by atoms with Gasteiger partial charge in [0.2, 0.25) is 5.95 Å². The summed E-state index contributed by atoms with van der Waals surface area (Å²) in [5, 5.41) is 0. The minimum Gasteiger partial charge on any atom is -0.399 e. The van der Waals surface area contributed by atoms with E-state index in [1.54, 1.807) is 0 Å². The lowest BCUT2D eigenvalue weighted by Gasteiger charge is -2.32. The molecule has 4 nitrogen and oxygen atoms in total. The van der Waals surface area contributed by atoms with Gasteiger partial charge in [0.05, 0.1) is 22.4 Å². The van der Waals surface area contributed by atoms with E-state index in [-0.39, 0.29) is 16.8 Å². The Morgan fingerprint density at radius 3 is 2.14 bits per heavy atom. The smallest absolute Gasteiger partial charge is 0.399 e. The van der Waals surface area contributed by atoms with Gasteiger partial charge < -0.3 is 15.0 Å². The zero-order chi connectivity index (χ0) is 15.6. The highest BCUT2D eigenvalue weighted by molar-refractivity contribution is 6.63. The van der Waals surface area contributed by atoms with Crippen molar-refractivity contribution >= 4 is 18.3 Å². The summed E-state index contributed by atoms with van der Waals surface area (Å²) >= 11 is 0. The largest absolute Gasteiger partial charge is 0.501 e. The molecule has 1 aromatic heterocycles. The molecule has 2 N–H and O–H groups in total. The highest BCUT2D eigenvalue weighted by Crippen LogP contribution is 2.49. The van der Waals surface area contributed by atoms with E-state index in [1.165, 1.54) is 6.07 Å². The average molecular weight is 296 g/mol. The fourth-order valence-corrected chi connectivity index (χ4v) is 2.33. The van der Waals surface area contributed by atoms with E-state index in [2.05, 4.69) is 4.98 Å². The van der Waals surface area contributed by atoms with Gasteiger partial charge in [0.1, 0.15) is 0 Å². The summed E-state index contributed by atoms with van der Waals surface area (Å²) in [6.45, 7) is 7.46. The summed E-state index contributed by atoms with van der Waals surface area (Å²) in [6, 6.07) is 1.39. The molecule has 7 heteroatoms. The van der Waals surface area contributed by atoms with Crippen LogP contribution < -0.4 is 11.2 Å². The molecule has 2 aliphatic rings. The molecule has 1 aromatic rings. The van der Waals surface area contributed by atoms with Crippen LogP contribution in [-0.2, 0) is 15.0 Å². The first-order valence-corrected chi connectivity index (χ1v) is 7.07. The SMILES string of the molecule is CC1(C)OB(c2c(N)cc(C3(F)CC3)nc2F)OC1(C)C. The van der Waals surface area contributed by atoms with Crippen LogP contribution in [0.25, 0.3) is 0 Å². The van der Waals surface area contributed by atoms with Crippen LogP contribution in [0, 0.1) is 5.95 Å². The second-order valence-corrected chi connectivity index (χ2v) is 6.85. The lowest BCUT2D eigenvalue weighted by atomic mass is 9.78. The Labute approximate surface area is 123 Å². The number of aromatic nitrogens is 1. The Balaban J connectivity index is 1.97. The molecule has 0 unspecified atom stereocenters. The predicted octanol–water partition coefficient (Wildman–Crippen LogP) is 2.06. The Bertz CT molecular complexity index is 564. The molecular formula is C14H19BF2N2O2. The van der Waals surface area contributed by atoms with Gasteiger partial charge >= 0.3 is 7.12 Å². The molecule has 1 aliphatic carbocycles. The summed E-state index contributed by atoms with van der Waals surface area (Å²) in [4.78, 5) is 3.73. The number of halogens is 2. The molecule has 2 fully saturated rings. The van der Waals surface area contributed by atoms with E-state index in [0.717, 1.165) is 0 Å². The summed E-state index contributed by atoms with van der Waals surface area (Å²) in [7, 11) is -0.939. The minimum absolute atomic E-state index is 0.0432. The number of nitrogens with two attached hydrogens (primary N) is 1. The Hall–Kier alpha value is -1.21. The van der Waals surface area contributed by atoms with Crippen molar-refractivity contribution in [2.45, 2.75) is 57.4 Å². The first-order valence-electron chi connectivity index (χ1n) is 7.07. The fourth-order valence-electron chi connectivity index (χ4n) is 2.33. The molecule has 0 amide bonds. The van der Waals surface area contributed by atoms with Crippen molar-refractivity contribution < 1.29 is 18.1 Å². The third kappa shape index (κ3) is 2.23. The zero-order valence-corrected chi connectivity index (χ0v) is 12.7. The fraction of sp³-hybridized carbons (Fsp3) is 0.643. The van der Waals surface area contributed by atoms with Crippen LogP contribution in [0.3, 0.4) is 0 Å². The van der Waals surface area contributed by atoms with Crippen LogP contribution in [0.4, 0.5) is 14.5 Å². The summed E-state index contributed by atoms with van der Waals surface area (Å²) < 4.78 is 39.9. The van der Waals surface area contributed by atoms with E-state index in [0.29, 0.717) is 12.8 Å². The van der Waals surface area contributed by atoms with Gasteiger partial charge in [0.25, 0.3) is 0 Å². The Kier molecular flexibility index (Phi) is 2.92. The number of anilines is 1. The number of hydrogen-bond acceptors (Lipinski definition) is 4. The van der Waals surface area contributed by atoms with Crippen LogP contribution >= 0.6 is 0 Å². The molecule has 0 aromatic carbocycles. The quantitative estimate of drug-likeness (QED) is 0.670. The number of rotatable bonds is 2. The molecule has 2 heterocycles. The van der Waals surface area contributed by atoms with E-state index in [1.807, 2.05) is 27.7 Å². The van der Waals surface area contributed by atoms with E-state index in [4.69, 9.17) is 15.0 Å². The second kappa shape index (κ2) is 4.17. The highest BCUT2D eigenvalue weighted by Gasteiger charge is 2.54. The van der Waals surface area contributed by atoms with Gasteiger partial charge in [-0.15, -0.1) is 0 Å². The normalized spacial score (nSPS) is 25.1. The maximum absolute atomic E-state index is 14.3. The molecule has 1 saturated carbocycles. The van der Waals surface area contributed by atoms with Crippen LogP contribution in [0.5, 0.6) is 0 Å². The van der Waals surface area contributed by atoms with Crippen LogP contribution in [-0.4, -0.2) is 23.3 Å². The summed E-state index contributed by atoms with van der Waals surface area (Å²) in [5.41, 5.74) is 3.37. The van der Waals surface area contributed by atoms with E-state index < -0.39 is 29.9 Å². The molecular weight excluding hydrogens is 277 g/mol. The number of hydrogen-bond donors (Lipinski definition) is 1. The van der Waals surface area contributed by atoms with Gasteiger partial charge in [-0.25, -0.2) is 9.37 Å². The molecule has 0 atom stereocenters. The van der Waals surface area contributed by atoms with E-state index >= 15 is 0 Å². The van der Waals surface area contributed by atoms with Crippen LogP contribution in [0.1, 0.15) is 46.2 Å². The molecule has 0 bridgehead atoms. The first kappa shape index (κ1) is 14.7. The molecule has 1 saturated heterocycles. The summed E-state index contributed by atoms with van der Waals surface area (Å²) in [6.07, 6.45) is 0.712. The Morgan fingerprint density at radius 2 is 1.71 bits per heavy atom. The zero-order valence-electron chi connectivity index (χ0n) is 12.7. The van der Waals surface area contributed by atoms with Crippen molar-refractivity contribution in [3.05, 3.63) is 17.7 Å². The van der Waals surface area contributed by atoms with Gasteiger partial charge in [-0.05, 0) is 46.6 Å². The third-order valence-corrected chi connectivity index (χ3v) is 4.68. The van der Waals surface area contributed by atoms with Crippen LogP contribution in [0.15, 0.2) is 6.07 Å². The van der Waals surface area contributed by atoms with Crippen molar-refractivity contribution in [2.75, 3.05) is 5.73 Å². The van der Waals surface area contributed by atoms with Crippen molar-refractivity contribution in [1.29, 1.82) is 0 Å². The lowest BCUT2D eigenvalue weighted by Crippen LogP contribution is -2.41. The molecule has 1 aliphatic heterocycles. The molecule has 0 spiro atoms. The lowest BCUT2D eigenvalue weighted by molar-refractivity contribution is 0.00578. The number of pyridine rings is 1. The molecule has 0 radical (unpaired) electrons. The second-order valence-electron chi connectivity index (χ2n) is 6.85. The highest BCUT2D eigenvalue weighted by atomic mass is 19.1. The molecule has 21 heavy (non-hydrogen) atoms. The minimum atomic E-state index is -1.52. The predicted molar refractivity (Wildman–Crippen MR) is 76.3 cm³/mol. The Morgan fingerprint density at radius 1 is 1.19 bits per heavy atom. The van der Waals surface area contributed by atoms with Gasteiger partial charge in [-0.2, -0.15) is 4.39 Å². The van der Waals surface area contributed by atoms with Gasteiger partial charge in [0.15, 0.2) is 5.67 Å². The third-order valence-electron chi connectivity index (χ3n) is 4.68. The van der Waals surface area contributed by atoms with Gasteiger partial charge in [0, 0.05) is 5.69 Å². The first-order chi connectivity index (χ1) is 9.56. The maximum atomic E-state index is 14.3. The molecule has 3 rings (SSSR count). The van der Waals surface area contributed by atoms with Gasteiger partial charge in [-0.3, -0.25) is 0 Å². The number of nitrogen functional groups attached to an aromatic ring is 1. The van der Waals surface area contributed by atoms with Crippen molar-refractivity contribution in [2.24, 2.45) is 0 Å². The standard InChI is InChI=1S/C14H19BF2N2O2/c1-12(2)13(3,4)21-15(20-12)10-8(18)7-9(19-11(10)16)14(17)5-6-14/h7H,5-6H2,1-4H3,(H2,18,19). The maximum Gasteiger partial charge on any atom is 0.501 e. The van der Waals surface area contributed by atoms with Gasteiger partial charge in [-0.1, -0.05) is 0 Å². The average Bonchev–Trinajstić information content (AvgIpc) is 3.01. The van der Waals surface area contributed by atoms with Crippen molar-refractivity contribution in [3.8, 4) is 0 Å². The molecule has 114 valence electrons. The van der Waals surface area contributed by atoms with Crippen LogP contribution in [0.2, 0.25) is 0 Å². The number of nitrogens with zero attached hydrogens (tertiary/aromatic N) is 1.